The number of ketones is 1. The SMILES string of the molecule is CCCCc1ccc([C@@H]2CC[C@@H](C)CC2=O)cc1. The van der Waals surface area contributed by atoms with Crippen molar-refractivity contribution in [2.24, 2.45) is 5.92 Å². The molecule has 1 aliphatic carbocycles. The van der Waals surface area contributed by atoms with E-state index in [1.54, 1.807) is 0 Å². The molecule has 0 N–H and O–H groups in total. The highest BCUT2D eigenvalue weighted by Gasteiger charge is 2.27. The fourth-order valence-corrected chi connectivity index (χ4v) is 2.85. The predicted molar refractivity (Wildman–Crippen MR) is 75.8 cm³/mol. The Bertz CT molecular complexity index is 391. The number of benzene rings is 1. The van der Waals surface area contributed by atoms with Crippen LogP contribution in [0, 0.1) is 5.92 Å². The molecule has 1 saturated carbocycles. The molecule has 0 radical (unpaired) electrons. The molecule has 0 unspecified atom stereocenters. The van der Waals surface area contributed by atoms with Crippen LogP contribution in [-0.2, 0) is 11.2 Å². The van der Waals surface area contributed by atoms with Crippen molar-refractivity contribution < 1.29 is 4.79 Å². The van der Waals surface area contributed by atoms with Crippen LogP contribution in [0.2, 0.25) is 0 Å². The molecule has 2 atom stereocenters. The van der Waals surface area contributed by atoms with Gasteiger partial charge in [-0.05, 0) is 42.7 Å². The van der Waals surface area contributed by atoms with E-state index < -0.39 is 0 Å². The van der Waals surface area contributed by atoms with E-state index in [4.69, 9.17) is 0 Å². The Morgan fingerprint density at radius 1 is 1.17 bits per heavy atom. The van der Waals surface area contributed by atoms with Crippen LogP contribution in [0.1, 0.15) is 63.0 Å². The van der Waals surface area contributed by atoms with Crippen LogP contribution in [0.3, 0.4) is 0 Å². The Morgan fingerprint density at radius 3 is 2.50 bits per heavy atom. The number of Topliss-reactive ketones (excluding diaryl/α,β-unsaturated/α-hetero) is 1. The Kier molecular flexibility index (Phi) is 4.57. The van der Waals surface area contributed by atoms with Gasteiger partial charge in [0.1, 0.15) is 5.78 Å². The molecule has 2 rings (SSSR count). The third kappa shape index (κ3) is 3.22. The van der Waals surface area contributed by atoms with Gasteiger partial charge in [0.2, 0.25) is 0 Å². The second-order valence-electron chi connectivity index (χ2n) is 5.75. The van der Waals surface area contributed by atoms with Crippen LogP contribution in [0.15, 0.2) is 24.3 Å². The average Bonchev–Trinajstić information content (AvgIpc) is 2.37. The van der Waals surface area contributed by atoms with Gasteiger partial charge < -0.3 is 0 Å². The van der Waals surface area contributed by atoms with Crippen molar-refractivity contribution >= 4 is 5.78 Å². The summed E-state index contributed by atoms with van der Waals surface area (Å²) in [5, 5.41) is 0. The largest absolute Gasteiger partial charge is 0.299 e. The highest BCUT2D eigenvalue weighted by Crippen LogP contribution is 2.32. The summed E-state index contributed by atoms with van der Waals surface area (Å²) >= 11 is 0. The Hall–Kier alpha value is -1.11. The lowest BCUT2D eigenvalue weighted by Gasteiger charge is -2.25. The zero-order valence-electron chi connectivity index (χ0n) is 11.6. The molecule has 18 heavy (non-hydrogen) atoms. The van der Waals surface area contributed by atoms with E-state index >= 15 is 0 Å². The molecule has 0 aromatic heterocycles. The van der Waals surface area contributed by atoms with E-state index in [9.17, 15) is 4.79 Å². The molecular weight excluding hydrogens is 220 g/mol. The highest BCUT2D eigenvalue weighted by atomic mass is 16.1. The average molecular weight is 244 g/mol. The van der Waals surface area contributed by atoms with Gasteiger partial charge >= 0.3 is 0 Å². The fraction of sp³-hybridized carbons (Fsp3) is 0.588. The van der Waals surface area contributed by atoms with Crippen LogP contribution in [0.25, 0.3) is 0 Å². The molecule has 1 nitrogen and oxygen atoms in total. The van der Waals surface area contributed by atoms with Crippen molar-refractivity contribution in [2.45, 2.75) is 58.3 Å². The molecule has 0 saturated heterocycles. The van der Waals surface area contributed by atoms with Gasteiger partial charge in [0.05, 0.1) is 0 Å². The van der Waals surface area contributed by atoms with Crippen LogP contribution >= 0.6 is 0 Å². The fourth-order valence-electron chi connectivity index (χ4n) is 2.85. The summed E-state index contributed by atoms with van der Waals surface area (Å²) in [6, 6.07) is 8.75. The molecule has 0 aliphatic heterocycles. The van der Waals surface area contributed by atoms with Crippen LogP contribution in [0.4, 0.5) is 0 Å². The van der Waals surface area contributed by atoms with E-state index in [1.807, 2.05) is 0 Å². The van der Waals surface area contributed by atoms with E-state index in [0.717, 1.165) is 19.3 Å². The third-order valence-electron chi connectivity index (χ3n) is 4.09. The molecule has 1 aromatic rings. The summed E-state index contributed by atoms with van der Waals surface area (Å²) in [4.78, 5) is 12.1. The van der Waals surface area contributed by atoms with Crippen LogP contribution in [0.5, 0.6) is 0 Å². The maximum atomic E-state index is 12.1. The molecule has 0 heterocycles. The minimum Gasteiger partial charge on any atom is -0.299 e. The van der Waals surface area contributed by atoms with Crippen molar-refractivity contribution in [3.63, 3.8) is 0 Å². The summed E-state index contributed by atoms with van der Waals surface area (Å²) in [5.74, 6) is 1.19. The van der Waals surface area contributed by atoms with Crippen molar-refractivity contribution in [2.75, 3.05) is 0 Å². The summed E-state index contributed by atoms with van der Waals surface area (Å²) in [6.45, 7) is 4.40. The Labute approximate surface area is 111 Å². The predicted octanol–water partition coefficient (Wildman–Crippen LogP) is 4.50. The van der Waals surface area contributed by atoms with Crippen molar-refractivity contribution in [3.8, 4) is 0 Å². The van der Waals surface area contributed by atoms with Gasteiger partial charge in [0.25, 0.3) is 0 Å². The molecule has 1 fully saturated rings. The minimum absolute atomic E-state index is 0.168. The molecule has 0 bridgehead atoms. The number of carbonyl (C=O) groups excluding carboxylic acids is 1. The zero-order chi connectivity index (χ0) is 13.0. The smallest absolute Gasteiger partial charge is 0.140 e. The number of hydrogen-bond acceptors (Lipinski definition) is 1. The summed E-state index contributed by atoms with van der Waals surface area (Å²) in [6.07, 6.45) is 6.64. The first-order valence-electron chi connectivity index (χ1n) is 7.32. The zero-order valence-corrected chi connectivity index (χ0v) is 11.6. The first kappa shape index (κ1) is 13.3. The lowest BCUT2D eigenvalue weighted by atomic mass is 9.78. The maximum Gasteiger partial charge on any atom is 0.140 e. The topological polar surface area (TPSA) is 17.1 Å². The Morgan fingerprint density at radius 2 is 1.89 bits per heavy atom. The van der Waals surface area contributed by atoms with Crippen LogP contribution in [-0.4, -0.2) is 5.78 Å². The van der Waals surface area contributed by atoms with Gasteiger partial charge in [-0.15, -0.1) is 0 Å². The normalized spacial score (nSPS) is 24.2. The van der Waals surface area contributed by atoms with Gasteiger partial charge in [0.15, 0.2) is 0 Å². The number of hydrogen-bond donors (Lipinski definition) is 0. The maximum absolute atomic E-state index is 12.1. The van der Waals surface area contributed by atoms with Crippen molar-refractivity contribution in [1.29, 1.82) is 0 Å². The number of carbonyl (C=O) groups is 1. The molecule has 0 spiro atoms. The van der Waals surface area contributed by atoms with E-state index in [0.29, 0.717) is 11.7 Å². The van der Waals surface area contributed by atoms with Gasteiger partial charge in [-0.1, -0.05) is 44.5 Å². The summed E-state index contributed by atoms with van der Waals surface area (Å²) < 4.78 is 0. The first-order valence-corrected chi connectivity index (χ1v) is 7.32. The second-order valence-corrected chi connectivity index (χ2v) is 5.75. The Balaban J connectivity index is 2.02. The lowest BCUT2D eigenvalue weighted by molar-refractivity contribution is -0.123. The van der Waals surface area contributed by atoms with Gasteiger partial charge in [-0.2, -0.15) is 0 Å². The number of unbranched alkanes of at least 4 members (excludes halogenated alkanes) is 1. The highest BCUT2D eigenvalue weighted by molar-refractivity contribution is 5.86. The van der Waals surface area contributed by atoms with Gasteiger partial charge in [-0.3, -0.25) is 4.79 Å². The number of rotatable bonds is 4. The van der Waals surface area contributed by atoms with Gasteiger partial charge in [0, 0.05) is 12.3 Å². The molecule has 98 valence electrons. The standard InChI is InChI=1S/C17H24O/c1-3-4-5-14-7-9-15(10-8-14)16-11-6-13(2)12-17(16)18/h7-10,13,16H,3-6,11-12H2,1-2H3/t13-,16+/m1/s1. The summed E-state index contributed by atoms with van der Waals surface area (Å²) in [5.41, 5.74) is 2.63. The van der Waals surface area contributed by atoms with E-state index in [2.05, 4.69) is 38.1 Å². The molecule has 1 aromatic carbocycles. The first-order chi connectivity index (χ1) is 8.70. The summed E-state index contributed by atoms with van der Waals surface area (Å²) in [7, 11) is 0. The van der Waals surface area contributed by atoms with Crippen molar-refractivity contribution in [3.05, 3.63) is 35.4 Å². The van der Waals surface area contributed by atoms with Crippen molar-refractivity contribution in [1.82, 2.24) is 0 Å². The van der Waals surface area contributed by atoms with E-state index in [1.165, 1.54) is 30.4 Å². The lowest BCUT2D eigenvalue weighted by Crippen LogP contribution is -2.21. The second kappa shape index (κ2) is 6.17. The molecule has 1 heteroatoms. The van der Waals surface area contributed by atoms with E-state index in [-0.39, 0.29) is 5.92 Å². The molecule has 0 amide bonds. The minimum atomic E-state index is 0.168. The number of aryl methyl sites for hydroxylation is 1. The molecular formula is C17H24O. The molecule has 1 aliphatic rings. The van der Waals surface area contributed by atoms with Gasteiger partial charge in [-0.25, -0.2) is 0 Å². The van der Waals surface area contributed by atoms with Crippen LogP contribution < -0.4 is 0 Å². The quantitative estimate of drug-likeness (QED) is 0.762. The third-order valence-corrected chi connectivity index (χ3v) is 4.09. The monoisotopic (exact) mass is 244 g/mol.